The van der Waals surface area contributed by atoms with Gasteiger partial charge in [-0.15, -0.1) is 13.2 Å². The number of hydrogen-bond acceptors (Lipinski definition) is 6. The van der Waals surface area contributed by atoms with Gasteiger partial charge in [-0.3, -0.25) is 4.79 Å². The lowest BCUT2D eigenvalue weighted by Gasteiger charge is -2.46. The molecule has 5 rings (SSSR count). The monoisotopic (exact) mass is 585 g/mol. The molecule has 3 heterocycles. The van der Waals surface area contributed by atoms with Crippen LogP contribution in [-0.2, 0) is 6.54 Å². The molecule has 1 aliphatic heterocycles. The van der Waals surface area contributed by atoms with Crippen molar-refractivity contribution in [2.45, 2.75) is 45.8 Å². The van der Waals surface area contributed by atoms with E-state index in [4.69, 9.17) is 4.74 Å². The third-order valence-corrected chi connectivity index (χ3v) is 7.41. The molecule has 1 aliphatic rings. The SMILES string of the molecule is COc1ccn2nc(C)c(C(=O)NCc3ccc(N4C[C@H](C)N(c5ccc(OC(F)(F)F)cc5)C[C@H]4C)c(F)c3)c2c1. The van der Waals surface area contributed by atoms with Gasteiger partial charge in [-0.1, -0.05) is 6.07 Å². The quantitative estimate of drug-likeness (QED) is 0.280. The third kappa shape index (κ3) is 6.07. The van der Waals surface area contributed by atoms with E-state index in [2.05, 4.69) is 20.1 Å². The maximum atomic E-state index is 15.4. The lowest BCUT2D eigenvalue weighted by molar-refractivity contribution is -0.274. The molecule has 0 unspecified atom stereocenters. The molecule has 1 saturated heterocycles. The molecule has 1 amide bonds. The summed E-state index contributed by atoms with van der Waals surface area (Å²) in [5.41, 5.74) is 3.42. The molecule has 8 nitrogen and oxygen atoms in total. The number of aryl methyl sites for hydroxylation is 1. The Morgan fingerprint density at radius 3 is 2.36 bits per heavy atom. The fraction of sp³-hybridized carbons (Fsp3) is 0.333. The normalized spacial score (nSPS) is 17.4. The van der Waals surface area contributed by atoms with Gasteiger partial charge >= 0.3 is 6.36 Å². The fourth-order valence-corrected chi connectivity index (χ4v) is 5.38. The van der Waals surface area contributed by atoms with E-state index in [0.29, 0.717) is 46.9 Å². The van der Waals surface area contributed by atoms with Crippen molar-refractivity contribution in [2.75, 3.05) is 30.0 Å². The second kappa shape index (κ2) is 11.4. The number of aromatic nitrogens is 2. The Morgan fingerprint density at radius 1 is 1.00 bits per heavy atom. The van der Waals surface area contributed by atoms with Crippen LogP contribution in [0.25, 0.3) is 5.52 Å². The lowest BCUT2D eigenvalue weighted by atomic mass is 10.0. The minimum Gasteiger partial charge on any atom is -0.497 e. The summed E-state index contributed by atoms with van der Waals surface area (Å²) in [4.78, 5) is 17.1. The summed E-state index contributed by atoms with van der Waals surface area (Å²) >= 11 is 0. The second-order valence-corrected chi connectivity index (χ2v) is 10.4. The van der Waals surface area contributed by atoms with E-state index in [-0.39, 0.29) is 30.3 Å². The number of benzene rings is 2. The van der Waals surface area contributed by atoms with Crippen LogP contribution in [0.4, 0.5) is 28.9 Å². The number of hydrogen-bond donors (Lipinski definition) is 1. The van der Waals surface area contributed by atoms with E-state index in [1.807, 2.05) is 18.7 Å². The number of methoxy groups -OCH3 is 1. The van der Waals surface area contributed by atoms with Crippen LogP contribution >= 0.6 is 0 Å². The molecule has 42 heavy (non-hydrogen) atoms. The number of amides is 1. The van der Waals surface area contributed by atoms with Crippen LogP contribution in [0.15, 0.2) is 60.8 Å². The summed E-state index contributed by atoms with van der Waals surface area (Å²) in [6, 6.07) is 14.1. The summed E-state index contributed by atoms with van der Waals surface area (Å²) in [5, 5.41) is 7.24. The van der Waals surface area contributed by atoms with E-state index >= 15 is 4.39 Å². The number of carbonyl (C=O) groups is 1. The van der Waals surface area contributed by atoms with Crippen LogP contribution in [-0.4, -0.2) is 54.2 Å². The molecule has 2 atom stereocenters. The first-order valence-corrected chi connectivity index (χ1v) is 13.4. The van der Waals surface area contributed by atoms with Crippen LogP contribution in [0.2, 0.25) is 0 Å². The average molecular weight is 586 g/mol. The maximum absolute atomic E-state index is 15.4. The van der Waals surface area contributed by atoms with Crippen molar-refractivity contribution in [3.05, 3.63) is 83.4 Å². The number of nitrogens with zero attached hydrogens (tertiary/aromatic N) is 4. The van der Waals surface area contributed by atoms with Crippen LogP contribution in [0.1, 0.15) is 35.5 Å². The Balaban J connectivity index is 1.24. The van der Waals surface area contributed by atoms with Gasteiger partial charge in [0, 0.05) is 49.7 Å². The van der Waals surface area contributed by atoms with Crippen LogP contribution in [0.3, 0.4) is 0 Å². The number of anilines is 2. The van der Waals surface area contributed by atoms with Gasteiger partial charge in [0.25, 0.3) is 5.91 Å². The van der Waals surface area contributed by atoms with Crippen LogP contribution in [0.5, 0.6) is 11.5 Å². The molecule has 0 bridgehead atoms. The number of ether oxygens (including phenoxy) is 2. The Bertz CT molecular complexity index is 1590. The van der Waals surface area contributed by atoms with Crippen molar-refractivity contribution in [3.8, 4) is 11.5 Å². The van der Waals surface area contributed by atoms with E-state index in [1.54, 1.807) is 61.1 Å². The van der Waals surface area contributed by atoms with Crippen molar-refractivity contribution in [1.29, 1.82) is 0 Å². The molecule has 12 heteroatoms. The van der Waals surface area contributed by atoms with Gasteiger partial charge in [0.15, 0.2) is 0 Å². The van der Waals surface area contributed by atoms with Crippen molar-refractivity contribution in [3.63, 3.8) is 0 Å². The van der Waals surface area contributed by atoms with Gasteiger partial charge in [0.05, 0.1) is 29.6 Å². The first kappa shape index (κ1) is 29.0. The molecule has 2 aromatic carbocycles. The standard InChI is InChI=1S/C30H31F4N5O3/c1-18-17-38(19(2)16-37(18)22-6-8-23(9-7-22)42-30(32,33)34)26-10-5-21(13-25(26)31)15-35-29(40)28-20(3)36-39-12-11-24(41-4)14-27(28)39/h5-14,18-19H,15-17H2,1-4H3,(H,35,40)/t18-,19+/m0/s1. The zero-order valence-corrected chi connectivity index (χ0v) is 23.6. The molecule has 2 aromatic heterocycles. The van der Waals surface area contributed by atoms with Crippen molar-refractivity contribution in [2.24, 2.45) is 0 Å². The number of carbonyl (C=O) groups excluding carboxylic acids is 1. The van der Waals surface area contributed by atoms with Crippen molar-refractivity contribution in [1.82, 2.24) is 14.9 Å². The number of pyridine rings is 1. The highest BCUT2D eigenvalue weighted by atomic mass is 19.4. The summed E-state index contributed by atoms with van der Waals surface area (Å²) in [7, 11) is 1.55. The van der Waals surface area contributed by atoms with Crippen LogP contribution < -0.4 is 24.6 Å². The zero-order valence-electron chi connectivity index (χ0n) is 23.6. The largest absolute Gasteiger partial charge is 0.573 e. The molecular formula is C30H31F4N5O3. The number of halogens is 4. The molecule has 0 saturated carbocycles. The molecule has 1 N–H and O–H groups in total. The van der Waals surface area contributed by atoms with Gasteiger partial charge in [0.2, 0.25) is 0 Å². The van der Waals surface area contributed by atoms with Crippen molar-refractivity contribution >= 4 is 22.8 Å². The minimum atomic E-state index is -4.75. The molecule has 0 spiro atoms. The fourth-order valence-electron chi connectivity index (χ4n) is 5.38. The molecule has 222 valence electrons. The number of alkyl halides is 3. The Labute approximate surface area is 240 Å². The Hall–Kier alpha value is -4.48. The number of rotatable bonds is 7. The summed E-state index contributed by atoms with van der Waals surface area (Å²) in [5.74, 6) is -0.401. The number of nitrogens with one attached hydrogen (secondary N) is 1. The summed E-state index contributed by atoms with van der Waals surface area (Å²) < 4.78 is 63.7. The maximum Gasteiger partial charge on any atom is 0.573 e. The van der Waals surface area contributed by atoms with E-state index in [9.17, 15) is 18.0 Å². The van der Waals surface area contributed by atoms with Crippen LogP contribution in [0, 0.1) is 12.7 Å². The highest BCUT2D eigenvalue weighted by molar-refractivity contribution is 6.02. The van der Waals surface area contributed by atoms with Gasteiger partial charge in [-0.2, -0.15) is 5.10 Å². The molecular weight excluding hydrogens is 554 g/mol. The van der Waals surface area contributed by atoms with E-state index < -0.39 is 12.2 Å². The van der Waals surface area contributed by atoms with Gasteiger partial charge in [-0.25, -0.2) is 8.91 Å². The molecule has 1 fully saturated rings. The molecule has 0 radical (unpaired) electrons. The topological polar surface area (TPSA) is 71.3 Å². The first-order chi connectivity index (χ1) is 19.9. The first-order valence-electron chi connectivity index (χ1n) is 13.4. The predicted molar refractivity (Wildman–Crippen MR) is 151 cm³/mol. The van der Waals surface area contributed by atoms with E-state index in [1.165, 1.54) is 18.2 Å². The number of fused-ring (bicyclic) bond motifs is 1. The van der Waals surface area contributed by atoms with Gasteiger partial charge in [-0.05, 0) is 68.8 Å². The smallest absolute Gasteiger partial charge is 0.497 e. The van der Waals surface area contributed by atoms with Gasteiger partial charge < -0.3 is 24.6 Å². The molecule has 4 aromatic rings. The predicted octanol–water partition coefficient (Wildman–Crippen LogP) is 5.72. The summed E-state index contributed by atoms with van der Waals surface area (Å²) in [6.07, 6.45) is -3.03. The summed E-state index contributed by atoms with van der Waals surface area (Å²) in [6.45, 7) is 6.89. The van der Waals surface area contributed by atoms with Crippen molar-refractivity contribution < 1.29 is 31.8 Å². The lowest BCUT2D eigenvalue weighted by Crippen LogP contribution is -2.57. The highest BCUT2D eigenvalue weighted by Crippen LogP contribution is 2.31. The second-order valence-electron chi connectivity index (χ2n) is 10.4. The zero-order chi connectivity index (χ0) is 30.2. The van der Waals surface area contributed by atoms with Gasteiger partial charge in [0.1, 0.15) is 17.3 Å². The molecule has 0 aliphatic carbocycles. The highest BCUT2D eigenvalue weighted by Gasteiger charge is 2.33. The van der Waals surface area contributed by atoms with E-state index in [0.717, 1.165) is 5.69 Å². The number of piperazine rings is 1. The Kier molecular flexibility index (Phi) is 7.89. The Morgan fingerprint density at radius 2 is 1.69 bits per heavy atom. The minimum absolute atomic E-state index is 0.0401. The average Bonchev–Trinajstić information content (AvgIpc) is 3.27. The third-order valence-electron chi connectivity index (χ3n) is 7.41.